The first-order valence-corrected chi connectivity index (χ1v) is 8.84. The number of aldehydes is 1. The molecule has 1 amide bonds. The summed E-state index contributed by atoms with van der Waals surface area (Å²) < 4.78 is 5.22. The summed E-state index contributed by atoms with van der Waals surface area (Å²) in [4.78, 5) is 22.7. The van der Waals surface area contributed by atoms with Crippen LogP contribution < -0.4 is 5.32 Å². The number of carbonyl (C=O) groups excluding carboxylic acids is 2. The molecule has 0 fully saturated rings. The fraction of sp³-hybridized carbons (Fsp3) is 0.130. The number of hydrogen-bond acceptors (Lipinski definition) is 3. The van der Waals surface area contributed by atoms with Crippen molar-refractivity contribution in [3.8, 4) is 11.1 Å². The van der Waals surface area contributed by atoms with Crippen LogP contribution >= 0.6 is 0 Å². The molecule has 0 heterocycles. The van der Waals surface area contributed by atoms with E-state index < -0.39 is 6.09 Å². The van der Waals surface area contributed by atoms with E-state index in [1.165, 1.54) is 0 Å². The summed E-state index contributed by atoms with van der Waals surface area (Å²) in [5.41, 5.74) is 4.87. The lowest BCUT2D eigenvalue weighted by molar-refractivity contribution is 0.112. The van der Waals surface area contributed by atoms with Crippen LogP contribution in [0.25, 0.3) is 11.1 Å². The van der Waals surface area contributed by atoms with Crippen molar-refractivity contribution in [3.05, 3.63) is 95.6 Å². The van der Waals surface area contributed by atoms with Crippen LogP contribution in [0.5, 0.6) is 0 Å². The predicted octanol–water partition coefficient (Wildman–Crippen LogP) is 4.64. The molecule has 0 radical (unpaired) electrons. The van der Waals surface area contributed by atoms with Gasteiger partial charge in [0.2, 0.25) is 0 Å². The van der Waals surface area contributed by atoms with Gasteiger partial charge in [-0.15, -0.1) is 0 Å². The van der Waals surface area contributed by atoms with Gasteiger partial charge in [0.05, 0.1) is 0 Å². The number of nitrogens with one attached hydrogen (secondary N) is 1. The molecule has 0 spiro atoms. The minimum atomic E-state index is -0.424. The maximum atomic E-state index is 11.9. The van der Waals surface area contributed by atoms with Gasteiger partial charge in [0.1, 0.15) is 12.9 Å². The van der Waals surface area contributed by atoms with E-state index >= 15 is 0 Å². The quantitative estimate of drug-likeness (QED) is 0.626. The summed E-state index contributed by atoms with van der Waals surface area (Å²) in [7, 11) is 0. The van der Waals surface area contributed by atoms with Crippen molar-refractivity contribution in [2.45, 2.75) is 13.0 Å². The van der Waals surface area contributed by atoms with E-state index in [9.17, 15) is 9.59 Å². The zero-order chi connectivity index (χ0) is 18.9. The lowest BCUT2D eigenvalue weighted by atomic mass is 9.97. The minimum Gasteiger partial charge on any atom is -0.445 e. The molecule has 3 aromatic carbocycles. The Morgan fingerprint density at radius 3 is 2.33 bits per heavy atom. The fourth-order valence-corrected chi connectivity index (χ4v) is 2.83. The molecular weight excluding hydrogens is 338 g/mol. The van der Waals surface area contributed by atoms with Crippen molar-refractivity contribution in [2.75, 3.05) is 6.54 Å². The van der Waals surface area contributed by atoms with Crippen LogP contribution in [0.4, 0.5) is 4.79 Å². The second kappa shape index (κ2) is 9.34. The highest BCUT2D eigenvalue weighted by molar-refractivity contribution is 5.77. The van der Waals surface area contributed by atoms with Gasteiger partial charge >= 0.3 is 6.09 Å². The molecule has 136 valence electrons. The zero-order valence-corrected chi connectivity index (χ0v) is 14.9. The minimum absolute atomic E-state index is 0.256. The number of amides is 1. The van der Waals surface area contributed by atoms with Crippen LogP contribution in [-0.2, 0) is 17.8 Å². The van der Waals surface area contributed by atoms with Gasteiger partial charge in [-0.1, -0.05) is 78.9 Å². The van der Waals surface area contributed by atoms with E-state index in [0.29, 0.717) is 18.5 Å². The van der Waals surface area contributed by atoms with E-state index in [1.54, 1.807) is 12.1 Å². The Bertz CT molecular complexity index is 889. The second-order valence-corrected chi connectivity index (χ2v) is 6.14. The molecule has 0 saturated heterocycles. The first kappa shape index (κ1) is 18.4. The Labute approximate surface area is 158 Å². The fourth-order valence-electron chi connectivity index (χ4n) is 2.83. The van der Waals surface area contributed by atoms with Crippen LogP contribution in [0.3, 0.4) is 0 Å². The van der Waals surface area contributed by atoms with Crippen LogP contribution in [-0.4, -0.2) is 18.9 Å². The molecule has 3 rings (SSSR count). The normalized spacial score (nSPS) is 10.2. The average molecular weight is 359 g/mol. The Kier molecular flexibility index (Phi) is 6.36. The Balaban J connectivity index is 1.55. The molecular formula is C23H21NO3. The highest BCUT2D eigenvalue weighted by Crippen LogP contribution is 2.24. The topological polar surface area (TPSA) is 55.4 Å². The molecule has 0 aliphatic heterocycles. The van der Waals surface area contributed by atoms with Gasteiger partial charge in [-0.05, 0) is 28.7 Å². The lowest BCUT2D eigenvalue weighted by Gasteiger charge is -2.11. The number of benzene rings is 3. The van der Waals surface area contributed by atoms with Crippen LogP contribution in [0, 0.1) is 0 Å². The second-order valence-electron chi connectivity index (χ2n) is 6.14. The van der Waals surface area contributed by atoms with Gasteiger partial charge in [-0.3, -0.25) is 4.79 Å². The standard InChI is InChI=1S/C23H21NO3/c25-16-18-10-12-21(13-11-18)22-9-5-4-8-20(22)14-15-24-23(26)27-17-19-6-2-1-3-7-19/h1-13,16H,14-15,17H2,(H,24,26). The Hall–Kier alpha value is -3.40. The van der Waals surface area contributed by atoms with E-state index in [0.717, 1.165) is 28.5 Å². The van der Waals surface area contributed by atoms with Gasteiger partial charge in [-0.2, -0.15) is 0 Å². The molecule has 0 saturated carbocycles. The first-order chi connectivity index (χ1) is 13.3. The molecule has 0 aliphatic rings. The maximum absolute atomic E-state index is 11.9. The van der Waals surface area contributed by atoms with Gasteiger partial charge in [0.25, 0.3) is 0 Å². The van der Waals surface area contributed by atoms with Crippen LogP contribution in [0.15, 0.2) is 78.9 Å². The average Bonchev–Trinajstić information content (AvgIpc) is 2.73. The van der Waals surface area contributed by atoms with E-state index in [-0.39, 0.29) is 6.61 Å². The van der Waals surface area contributed by atoms with Crippen LogP contribution in [0.1, 0.15) is 21.5 Å². The van der Waals surface area contributed by atoms with E-state index in [2.05, 4.69) is 5.32 Å². The third-order valence-corrected chi connectivity index (χ3v) is 4.25. The molecule has 0 unspecified atom stereocenters. The van der Waals surface area contributed by atoms with E-state index in [1.807, 2.05) is 66.7 Å². The summed E-state index contributed by atoms with van der Waals surface area (Å²) in [5.74, 6) is 0. The third-order valence-electron chi connectivity index (χ3n) is 4.25. The van der Waals surface area contributed by atoms with Gasteiger partial charge in [0, 0.05) is 12.1 Å². The molecule has 0 aliphatic carbocycles. The monoisotopic (exact) mass is 359 g/mol. The molecule has 1 N–H and O–H groups in total. The Morgan fingerprint density at radius 1 is 0.889 bits per heavy atom. The summed E-state index contributed by atoms with van der Waals surface area (Å²) in [5, 5.41) is 2.79. The summed E-state index contributed by atoms with van der Waals surface area (Å²) in [6.45, 7) is 0.739. The largest absolute Gasteiger partial charge is 0.445 e. The zero-order valence-electron chi connectivity index (χ0n) is 14.9. The third kappa shape index (κ3) is 5.28. The Morgan fingerprint density at radius 2 is 1.59 bits per heavy atom. The summed E-state index contributed by atoms with van der Waals surface area (Å²) in [6.07, 6.45) is 1.10. The first-order valence-electron chi connectivity index (χ1n) is 8.84. The van der Waals surface area contributed by atoms with Crippen LogP contribution in [0.2, 0.25) is 0 Å². The maximum Gasteiger partial charge on any atom is 0.407 e. The number of rotatable bonds is 7. The number of hydrogen-bond donors (Lipinski definition) is 1. The summed E-state index contributed by atoms with van der Waals surface area (Å²) in [6, 6.07) is 25.1. The van der Waals surface area contributed by atoms with Crippen molar-refractivity contribution in [1.82, 2.24) is 5.32 Å². The van der Waals surface area contributed by atoms with Gasteiger partial charge < -0.3 is 10.1 Å². The van der Waals surface area contributed by atoms with Crippen molar-refractivity contribution >= 4 is 12.4 Å². The predicted molar refractivity (Wildman–Crippen MR) is 106 cm³/mol. The number of ether oxygens (including phenoxy) is 1. The molecule has 0 bridgehead atoms. The molecule has 4 heteroatoms. The highest BCUT2D eigenvalue weighted by Gasteiger charge is 2.07. The molecule has 0 aromatic heterocycles. The van der Waals surface area contributed by atoms with Crippen molar-refractivity contribution in [2.24, 2.45) is 0 Å². The molecule has 27 heavy (non-hydrogen) atoms. The summed E-state index contributed by atoms with van der Waals surface area (Å²) >= 11 is 0. The van der Waals surface area contributed by atoms with Gasteiger partial charge in [-0.25, -0.2) is 4.79 Å². The molecule has 3 aromatic rings. The molecule has 4 nitrogen and oxygen atoms in total. The van der Waals surface area contributed by atoms with Crippen molar-refractivity contribution < 1.29 is 14.3 Å². The van der Waals surface area contributed by atoms with Gasteiger partial charge in [0.15, 0.2) is 0 Å². The van der Waals surface area contributed by atoms with Crippen molar-refractivity contribution in [1.29, 1.82) is 0 Å². The number of alkyl carbamates (subject to hydrolysis) is 1. The smallest absolute Gasteiger partial charge is 0.407 e. The van der Waals surface area contributed by atoms with E-state index in [4.69, 9.17) is 4.74 Å². The van der Waals surface area contributed by atoms with Crippen molar-refractivity contribution in [3.63, 3.8) is 0 Å². The highest BCUT2D eigenvalue weighted by atomic mass is 16.5. The molecule has 0 atom stereocenters. The lowest BCUT2D eigenvalue weighted by Crippen LogP contribution is -2.26. The SMILES string of the molecule is O=Cc1ccc(-c2ccccc2CCNC(=O)OCc2ccccc2)cc1. The number of carbonyl (C=O) groups is 2.